The van der Waals surface area contributed by atoms with Gasteiger partial charge in [-0.25, -0.2) is 0 Å². The van der Waals surface area contributed by atoms with Gasteiger partial charge >= 0.3 is 0 Å². The summed E-state index contributed by atoms with van der Waals surface area (Å²) in [4.78, 5) is 15.7. The van der Waals surface area contributed by atoms with E-state index in [1.54, 1.807) is 6.20 Å². The van der Waals surface area contributed by atoms with Crippen LogP contribution in [0, 0.1) is 13.8 Å². The second kappa shape index (κ2) is 4.76. The van der Waals surface area contributed by atoms with Gasteiger partial charge in [0.2, 0.25) is 5.91 Å². The second-order valence-electron chi connectivity index (χ2n) is 4.93. The lowest BCUT2D eigenvalue weighted by Crippen LogP contribution is -2.04. The number of rotatable bonds is 1. The molecule has 1 aromatic carbocycles. The molecule has 0 radical (unpaired) electrons. The van der Waals surface area contributed by atoms with Gasteiger partial charge in [-0.1, -0.05) is 23.2 Å². The maximum atomic E-state index is 11.5. The van der Waals surface area contributed by atoms with Crippen molar-refractivity contribution in [2.45, 2.75) is 20.3 Å². The number of anilines is 1. The smallest absolute Gasteiger partial charge is 0.228 e. The van der Waals surface area contributed by atoms with Crippen molar-refractivity contribution in [3.05, 3.63) is 45.2 Å². The Labute approximate surface area is 126 Å². The zero-order valence-electron chi connectivity index (χ0n) is 11.1. The Balaban J connectivity index is 2.23. The molecule has 0 spiro atoms. The monoisotopic (exact) mass is 306 g/mol. The number of fused-ring (bicyclic) bond motifs is 1. The molecular weight excluding hydrogens is 295 g/mol. The Bertz CT molecular complexity index is 741. The fraction of sp³-hybridized carbons (Fsp3) is 0.200. The molecule has 2 heterocycles. The van der Waals surface area contributed by atoms with Gasteiger partial charge in [0.05, 0.1) is 22.2 Å². The van der Waals surface area contributed by atoms with E-state index in [1.807, 2.05) is 26.0 Å². The third-order valence-corrected chi connectivity index (χ3v) is 4.22. The van der Waals surface area contributed by atoms with Gasteiger partial charge in [0, 0.05) is 17.4 Å². The van der Waals surface area contributed by atoms with E-state index in [0.29, 0.717) is 16.5 Å². The van der Waals surface area contributed by atoms with Crippen molar-refractivity contribution in [1.82, 2.24) is 4.98 Å². The van der Waals surface area contributed by atoms with Crippen molar-refractivity contribution < 1.29 is 4.79 Å². The summed E-state index contributed by atoms with van der Waals surface area (Å²) in [6, 6.07) is 3.95. The van der Waals surface area contributed by atoms with E-state index in [4.69, 9.17) is 23.2 Å². The summed E-state index contributed by atoms with van der Waals surface area (Å²) in [6.07, 6.45) is 1.99. The van der Waals surface area contributed by atoms with E-state index in [9.17, 15) is 4.79 Å². The molecule has 3 rings (SSSR count). The molecule has 0 saturated carbocycles. The first-order chi connectivity index (χ1) is 9.47. The number of halogens is 2. The number of aryl methyl sites for hydroxylation is 2. The van der Waals surface area contributed by atoms with Gasteiger partial charge in [0.25, 0.3) is 0 Å². The van der Waals surface area contributed by atoms with Crippen LogP contribution >= 0.6 is 23.2 Å². The van der Waals surface area contributed by atoms with Gasteiger partial charge in [-0.3, -0.25) is 9.78 Å². The summed E-state index contributed by atoms with van der Waals surface area (Å²) in [7, 11) is 0. The number of hydrogen-bond donors (Lipinski definition) is 1. The van der Waals surface area contributed by atoms with Gasteiger partial charge < -0.3 is 5.32 Å². The lowest BCUT2D eigenvalue weighted by atomic mass is 9.98. The largest absolute Gasteiger partial charge is 0.325 e. The van der Waals surface area contributed by atoms with Crippen LogP contribution in [0.25, 0.3) is 11.1 Å². The Morgan fingerprint density at radius 3 is 2.75 bits per heavy atom. The van der Waals surface area contributed by atoms with Gasteiger partial charge in [0.1, 0.15) is 0 Å². The molecule has 102 valence electrons. The number of nitrogens with zero attached hydrogens (tertiary/aromatic N) is 1. The van der Waals surface area contributed by atoms with Crippen LogP contribution in [0.1, 0.15) is 16.8 Å². The standard InChI is InChI=1S/C15H12Cl2N2O/c1-7-3-9(4-10-5-12(20)19-15(7)10)13-11(16)6-18-8(2)14(13)17/h3-4,6H,5H2,1-2H3,(H,19,20). The lowest BCUT2D eigenvalue weighted by Gasteiger charge is -2.12. The average Bonchev–Trinajstić information content (AvgIpc) is 2.76. The molecule has 0 saturated heterocycles. The fourth-order valence-corrected chi connectivity index (χ4v) is 3.06. The molecule has 0 bridgehead atoms. The normalized spacial score (nSPS) is 13.3. The van der Waals surface area contributed by atoms with Crippen molar-refractivity contribution in [3.63, 3.8) is 0 Å². The van der Waals surface area contributed by atoms with Crippen LogP contribution in [-0.4, -0.2) is 10.9 Å². The van der Waals surface area contributed by atoms with Crippen molar-refractivity contribution in [2.24, 2.45) is 0 Å². The van der Waals surface area contributed by atoms with Gasteiger partial charge in [-0.05, 0) is 42.7 Å². The van der Waals surface area contributed by atoms with Crippen LogP contribution in [0.4, 0.5) is 5.69 Å². The Morgan fingerprint density at radius 1 is 1.25 bits per heavy atom. The van der Waals surface area contributed by atoms with Crippen molar-refractivity contribution in [2.75, 3.05) is 5.32 Å². The predicted octanol–water partition coefficient (Wildman–Crippen LogP) is 4.17. The van der Waals surface area contributed by atoms with Gasteiger partial charge in [0.15, 0.2) is 0 Å². The first kappa shape index (κ1) is 13.4. The summed E-state index contributed by atoms with van der Waals surface area (Å²) in [5.74, 6) is 0.0170. The van der Waals surface area contributed by atoms with Crippen LogP contribution in [0.2, 0.25) is 10.0 Å². The number of carbonyl (C=O) groups is 1. The lowest BCUT2D eigenvalue weighted by molar-refractivity contribution is -0.115. The SMILES string of the molecule is Cc1cc(-c2c(Cl)cnc(C)c2Cl)cc2c1NC(=O)C2. The summed E-state index contributed by atoms with van der Waals surface area (Å²) in [5, 5.41) is 3.93. The predicted molar refractivity (Wildman–Crippen MR) is 81.5 cm³/mol. The number of aromatic nitrogens is 1. The Kier molecular flexibility index (Phi) is 3.19. The Hall–Kier alpha value is -1.58. The number of nitrogens with one attached hydrogen (secondary N) is 1. The molecular formula is C15H12Cl2N2O. The number of amides is 1. The molecule has 1 aromatic heterocycles. The van der Waals surface area contributed by atoms with Crippen molar-refractivity contribution in [3.8, 4) is 11.1 Å². The zero-order valence-corrected chi connectivity index (χ0v) is 12.6. The highest BCUT2D eigenvalue weighted by molar-refractivity contribution is 6.39. The third kappa shape index (κ3) is 2.07. The molecule has 0 unspecified atom stereocenters. The van der Waals surface area contributed by atoms with Gasteiger partial charge in [-0.2, -0.15) is 0 Å². The van der Waals surface area contributed by atoms with Crippen LogP contribution in [-0.2, 0) is 11.2 Å². The van der Waals surface area contributed by atoms with E-state index < -0.39 is 0 Å². The quantitative estimate of drug-likeness (QED) is 0.859. The highest BCUT2D eigenvalue weighted by Crippen LogP contribution is 2.39. The molecule has 3 nitrogen and oxygen atoms in total. The summed E-state index contributed by atoms with van der Waals surface area (Å²) in [5.41, 5.74) is 5.30. The molecule has 5 heteroatoms. The van der Waals surface area contributed by atoms with E-state index in [1.165, 1.54) is 0 Å². The molecule has 20 heavy (non-hydrogen) atoms. The van der Waals surface area contributed by atoms with E-state index in [2.05, 4.69) is 10.3 Å². The molecule has 2 aromatic rings. The molecule has 1 aliphatic heterocycles. The molecule has 0 fully saturated rings. The molecule has 0 aliphatic carbocycles. The third-order valence-electron chi connectivity index (χ3n) is 3.47. The van der Waals surface area contributed by atoms with E-state index >= 15 is 0 Å². The summed E-state index contributed by atoms with van der Waals surface area (Å²) < 4.78 is 0. The number of benzene rings is 1. The molecule has 1 N–H and O–H groups in total. The molecule has 1 aliphatic rings. The number of carbonyl (C=O) groups excluding carboxylic acids is 1. The number of hydrogen-bond acceptors (Lipinski definition) is 2. The summed E-state index contributed by atoms with van der Waals surface area (Å²) >= 11 is 12.6. The van der Waals surface area contributed by atoms with E-state index in [-0.39, 0.29) is 5.91 Å². The molecule has 0 atom stereocenters. The van der Waals surface area contributed by atoms with Crippen LogP contribution < -0.4 is 5.32 Å². The number of pyridine rings is 1. The minimum absolute atomic E-state index is 0.0170. The van der Waals surface area contributed by atoms with Crippen molar-refractivity contribution in [1.29, 1.82) is 0 Å². The first-order valence-corrected chi connectivity index (χ1v) is 6.97. The highest BCUT2D eigenvalue weighted by atomic mass is 35.5. The zero-order chi connectivity index (χ0) is 14.4. The van der Waals surface area contributed by atoms with E-state index in [0.717, 1.165) is 33.6 Å². The highest BCUT2D eigenvalue weighted by Gasteiger charge is 2.22. The topological polar surface area (TPSA) is 42.0 Å². The minimum Gasteiger partial charge on any atom is -0.325 e. The minimum atomic E-state index is 0.0170. The molecule has 1 amide bonds. The summed E-state index contributed by atoms with van der Waals surface area (Å²) in [6.45, 7) is 3.80. The van der Waals surface area contributed by atoms with Crippen LogP contribution in [0.3, 0.4) is 0 Å². The van der Waals surface area contributed by atoms with Crippen LogP contribution in [0.5, 0.6) is 0 Å². The van der Waals surface area contributed by atoms with Crippen molar-refractivity contribution >= 4 is 34.8 Å². The maximum absolute atomic E-state index is 11.5. The average molecular weight is 307 g/mol. The first-order valence-electron chi connectivity index (χ1n) is 6.21. The maximum Gasteiger partial charge on any atom is 0.228 e. The second-order valence-corrected chi connectivity index (χ2v) is 5.72. The van der Waals surface area contributed by atoms with Crippen LogP contribution in [0.15, 0.2) is 18.3 Å². The fourth-order valence-electron chi connectivity index (χ4n) is 2.50. The van der Waals surface area contributed by atoms with Gasteiger partial charge in [-0.15, -0.1) is 0 Å². The Morgan fingerprint density at radius 2 is 2.00 bits per heavy atom.